The SMILES string of the molecule is O=[N+]([O-])c1cc(/C=N/NS(=O)(=O)c2ccc3ccccc3c2)ccc1N1CCOCC1. The Bertz CT molecular complexity index is 1250. The van der Waals surface area contributed by atoms with Gasteiger partial charge in [0.1, 0.15) is 5.69 Å². The fraction of sp³-hybridized carbons (Fsp3) is 0.190. The van der Waals surface area contributed by atoms with Crippen LogP contribution in [-0.4, -0.2) is 45.9 Å². The maximum absolute atomic E-state index is 12.6. The predicted octanol–water partition coefficient (Wildman–Crippen LogP) is 2.90. The van der Waals surface area contributed by atoms with Crippen molar-refractivity contribution in [2.45, 2.75) is 4.90 Å². The number of sulfonamides is 1. The number of hydrogen-bond acceptors (Lipinski definition) is 7. The van der Waals surface area contributed by atoms with Crippen molar-refractivity contribution in [2.24, 2.45) is 5.10 Å². The van der Waals surface area contributed by atoms with Crippen LogP contribution in [0.2, 0.25) is 0 Å². The van der Waals surface area contributed by atoms with Crippen LogP contribution in [0.1, 0.15) is 5.56 Å². The van der Waals surface area contributed by atoms with Crippen molar-refractivity contribution in [3.8, 4) is 0 Å². The van der Waals surface area contributed by atoms with Crippen LogP contribution in [0, 0.1) is 10.1 Å². The van der Waals surface area contributed by atoms with Gasteiger partial charge in [-0.15, -0.1) is 0 Å². The zero-order valence-electron chi connectivity index (χ0n) is 16.5. The normalized spacial score (nSPS) is 14.8. The van der Waals surface area contributed by atoms with Gasteiger partial charge in [-0.3, -0.25) is 10.1 Å². The van der Waals surface area contributed by atoms with Crippen LogP contribution in [0.15, 0.2) is 70.7 Å². The smallest absolute Gasteiger partial charge is 0.293 e. The van der Waals surface area contributed by atoms with Crippen molar-refractivity contribution in [1.82, 2.24) is 4.83 Å². The highest BCUT2D eigenvalue weighted by molar-refractivity contribution is 7.89. The van der Waals surface area contributed by atoms with Gasteiger partial charge in [-0.25, -0.2) is 4.83 Å². The van der Waals surface area contributed by atoms with Gasteiger partial charge in [0, 0.05) is 24.7 Å². The Hall–Kier alpha value is -3.50. The van der Waals surface area contributed by atoms with Crippen molar-refractivity contribution in [1.29, 1.82) is 0 Å². The summed E-state index contributed by atoms with van der Waals surface area (Å²) in [4.78, 5) is 15.2. The van der Waals surface area contributed by atoms with E-state index in [4.69, 9.17) is 4.74 Å². The minimum Gasteiger partial charge on any atom is -0.378 e. The standard InChI is InChI=1S/C21H20N4O5S/c26-25(27)21-13-16(5-8-20(21)24-9-11-30-12-10-24)15-22-23-31(28,29)19-7-6-17-3-1-2-4-18(17)14-19/h1-8,13-15,23H,9-12H2/b22-15+. The number of rotatable bonds is 6. The molecule has 0 spiro atoms. The lowest BCUT2D eigenvalue weighted by Crippen LogP contribution is -2.36. The van der Waals surface area contributed by atoms with Gasteiger partial charge in [-0.05, 0) is 29.0 Å². The fourth-order valence-electron chi connectivity index (χ4n) is 3.40. The Labute approximate surface area is 179 Å². The Kier molecular flexibility index (Phi) is 5.83. The van der Waals surface area contributed by atoms with E-state index in [1.807, 2.05) is 29.2 Å². The summed E-state index contributed by atoms with van der Waals surface area (Å²) in [6.45, 7) is 2.16. The molecule has 1 aliphatic heterocycles. The molecule has 31 heavy (non-hydrogen) atoms. The van der Waals surface area contributed by atoms with Crippen LogP contribution >= 0.6 is 0 Å². The van der Waals surface area contributed by atoms with Crippen LogP contribution in [0.4, 0.5) is 11.4 Å². The number of nitro benzene ring substituents is 1. The summed E-state index contributed by atoms with van der Waals surface area (Å²) in [6, 6.07) is 16.9. The molecule has 4 rings (SSSR count). The Morgan fingerprint density at radius 2 is 1.77 bits per heavy atom. The molecule has 10 heteroatoms. The summed E-state index contributed by atoms with van der Waals surface area (Å²) in [5.41, 5.74) is 0.843. The molecule has 0 saturated carbocycles. The van der Waals surface area contributed by atoms with Crippen LogP contribution in [0.3, 0.4) is 0 Å². The maximum atomic E-state index is 12.6. The van der Waals surface area contributed by atoms with E-state index in [2.05, 4.69) is 9.93 Å². The molecule has 0 bridgehead atoms. The van der Waals surface area contributed by atoms with Gasteiger partial charge < -0.3 is 9.64 Å². The first-order valence-electron chi connectivity index (χ1n) is 9.59. The minimum absolute atomic E-state index is 0.0664. The van der Waals surface area contributed by atoms with Gasteiger partial charge in [0.15, 0.2) is 0 Å². The number of anilines is 1. The topological polar surface area (TPSA) is 114 Å². The fourth-order valence-corrected chi connectivity index (χ4v) is 4.22. The summed E-state index contributed by atoms with van der Waals surface area (Å²) < 4.78 is 30.4. The van der Waals surface area contributed by atoms with Crippen molar-refractivity contribution in [3.63, 3.8) is 0 Å². The van der Waals surface area contributed by atoms with Gasteiger partial charge >= 0.3 is 0 Å². The van der Waals surface area contributed by atoms with Gasteiger partial charge in [-0.2, -0.15) is 13.5 Å². The Balaban J connectivity index is 1.53. The molecule has 0 unspecified atom stereocenters. The molecule has 0 radical (unpaired) electrons. The molecular weight excluding hydrogens is 420 g/mol. The second-order valence-corrected chi connectivity index (χ2v) is 8.63. The summed E-state index contributed by atoms with van der Waals surface area (Å²) >= 11 is 0. The predicted molar refractivity (Wildman–Crippen MR) is 118 cm³/mol. The monoisotopic (exact) mass is 440 g/mol. The number of benzene rings is 3. The highest BCUT2D eigenvalue weighted by Crippen LogP contribution is 2.29. The lowest BCUT2D eigenvalue weighted by Gasteiger charge is -2.28. The molecule has 1 N–H and O–H groups in total. The zero-order valence-corrected chi connectivity index (χ0v) is 17.3. The molecule has 0 amide bonds. The van der Waals surface area contributed by atoms with E-state index in [-0.39, 0.29) is 10.6 Å². The van der Waals surface area contributed by atoms with E-state index in [9.17, 15) is 18.5 Å². The lowest BCUT2D eigenvalue weighted by molar-refractivity contribution is -0.384. The first-order chi connectivity index (χ1) is 14.9. The molecule has 1 heterocycles. The number of nitro groups is 1. The summed E-state index contributed by atoms with van der Waals surface area (Å²) in [6.07, 6.45) is 1.24. The minimum atomic E-state index is -3.88. The summed E-state index contributed by atoms with van der Waals surface area (Å²) in [7, 11) is -3.88. The maximum Gasteiger partial charge on any atom is 0.293 e. The highest BCUT2D eigenvalue weighted by atomic mass is 32.2. The third-order valence-electron chi connectivity index (χ3n) is 4.97. The molecule has 160 valence electrons. The van der Waals surface area contributed by atoms with E-state index in [0.717, 1.165) is 10.8 Å². The highest BCUT2D eigenvalue weighted by Gasteiger charge is 2.21. The number of hydrazone groups is 1. The summed E-state index contributed by atoms with van der Waals surface area (Å²) in [5, 5.41) is 17.1. The lowest BCUT2D eigenvalue weighted by atomic mass is 10.1. The van der Waals surface area contributed by atoms with E-state index in [1.54, 1.807) is 24.3 Å². The Morgan fingerprint density at radius 1 is 1.03 bits per heavy atom. The van der Waals surface area contributed by atoms with Gasteiger partial charge in [0.05, 0.1) is 29.2 Å². The average molecular weight is 440 g/mol. The molecule has 3 aromatic carbocycles. The van der Waals surface area contributed by atoms with Crippen LogP contribution in [-0.2, 0) is 14.8 Å². The van der Waals surface area contributed by atoms with Crippen LogP contribution in [0.5, 0.6) is 0 Å². The van der Waals surface area contributed by atoms with E-state index in [1.165, 1.54) is 18.3 Å². The average Bonchev–Trinajstić information content (AvgIpc) is 2.79. The molecule has 9 nitrogen and oxygen atoms in total. The van der Waals surface area contributed by atoms with E-state index < -0.39 is 14.9 Å². The molecule has 0 aromatic heterocycles. The summed E-state index contributed by atoms with van der Waals surface area (Å²) in [5.74, 6) is 0. The molecule has 1 fully saturated rings. The van der Waals surface area contributed by atoms with Crippen molar-refractivity contribution in [3.05, 3.63) is 76.3 Å². The molecule has 0 atom stereocenters. The van der Waals surface area contributed by atoms with Gasteiger partial charge in [0.25, 0.3) is 15.7 Å². The van der Waals surface area contributed by atoms with Crippen molar-refractivity contribution in [2.75, 3.05) is 31.2 Å². The molecule has 1 saturated heterocycles. The molecule has 0 aliphatic carbocycles. The number of ether oxygens (including phenoxy) is 1. The molecule has 1 aliphatic rings. The second-order valence-electron chi connectivity index (χ2n) is 6.97. The van der Waals surface area contributed by atoms with Crippen molar-refractivity contribution >= 4 is 38.4 Å². The zero-order chi connectivity index (χ0) is 21.8. The third-order valence-corrected chi connectivity index (χ3v) is 6.19. The quantitative estimate of drug-likeness (QED) is 0.358. The third kappa shape index (κ3) is 4.65. The molecular formula is C21H20N4O5S. The first kappa shape index (κ1) is 20.8. The number of nitrogens with zero attached hydrogens (tertiary/aromatic N) is 3. The number of fused-ring (bicyclic) bond motifs is 1. The Morgan fingerprint density at radius 3 is 2.52 bits per heavy atom. The first-order valence-corrected chi connectivity index (χ1v) is 11.1. The van der Waals surface area contributed by atoms with E-state index in [0.29, 0.717) is 37.6 Å². The van der Waals surface area contributed by atoms with Gasteiger partial charge in [-0.1, -0.05) is 36.4 Å². The van der Waals surface area contributed by atoms with E-state index >= 15 is 0 Å². The second kappa shape index (κ2) is 8.70. The van der Waals surface area contributed by atoms with Crippen LogP contribution < -0.4 is 9.73 Å². The molecule has 3 aromatic rings. The number of hydrogen-bond donors (Lipinski definition) is 1. The van der Waals surface area contributed by atoms with Crippen molar-refractivity contribution < 1.29 is 18.1 Å². The number of morpholine rings is 1. The largest absolute Gasteiger partial charge is 0.378 e. The van der Waals surface area contributed by atoms with Gasteiger partial charge in [0.2, 0.25) is 0 Å². The van der Waals surface area contributed by atoms with Crippen LogP contribution in [0.25, 0.3) is 10.8 Å². The number of nitrogens with one attached hydrogen (secondary N) is 1.